The first-order valence-electron chi connectivity index (χ1n) is 6.12. The summed E-state index contributed by atoms with van der Waals surface area (Å²) >= 11 is 3.46. The van der Waals surface area contributed by atoms with Crippen LogP contribution < -0.4 is 0 Å². The summed E-state index contributed by atoms with van der Waals surface area (Å²) in [6.07, 6.45) is 0. The Morgan fingerprint density at radius 3 is 3.00 bits per heavy atom. The van der Waals surface area contributed by atoms with E-state index >= 15 is 0 Å². The number of halogens is 2. The van der Waals surface area contributed by atoms with Crippen molar-refractivity contribution in [1.29, 1.82) is 0 Å². The van der Waals surface area contributed by atoms with Gasteiger partial charge in [-0.2, -0.15) is 0 Å². The lowest BCUT2D eigenvalue weighted by Gasteiger charge is -2.15. The third-order valence-electron chi connectivity index (χ3n) is 3.36. The zero-order chi connectivity index (χ0) is 13.0. The fourth-order valence-corrected chi connectivity index (χ4v) is 4.79. The molecule has 3 heterocycles. The average molecular weight is 371 g/mol. The number of amidine groups is 1. The van der Waals surface area contributed by atoms with Gasteiger partial charge in [0.15, 0.2) is 5.17 Å². The Kier molecular flexibility index (Phi) is 3.64. The van der Waals surface area contributed by atoms with Gasteiger partial charge < -0.3 is 4.90 Å². The van der Waals surface area contributed by atoms with Gasteiger partial charge in [0, 0.05) is 16.1 Å². The highest BCUT2D eigenvalue weighted by molar-refractivity contribution is 8.93. The summed E-state index contributed by atoms with van der Waals surface area (Å²) in [5, 5.41) is 2.09. The van der Waals surface area contributed by atoms with Crippen LogP contribution in [0.15, 0.2) is 34.2 Å². The number of hydrogen-bond donors (Lipinski definition) is 0. The second-order valence-electron chi connectivity index (χ2n) is 4.62. The van der Waals surface area contributed by atoms with Crippen molar-refractivity contribution in [3.63, 3.8) is 0 Å². The average Bonchev–Trinajstić information content (AvgIpc) is 3.01. The standard InChI is InChI=1S/C14H11FN2S2.BrH/c1-8-13(17-5-4-16-14(17)18-8)12-7-9-6-10(15)2-3-11(9)19-12;/h2-3,6-7H,4-5H2,1H3;1H. The van der Waals surface area contributed by atoms with Crippen molar-refractivity contribution in [3.8, 4) is 0 Å². The van der Waals surface area contributed by atoms with Crippen molar-refractivity contribution < 1.29 is 4.39 Å². The number of aliphatic imine (C=N–C) groups is 1. The molecular formula is C14H12BrFN2S2. The summed E-state index contributed by atoms with van der Waals surface area (Å²) in [7, 11) is 0. The van der Waals surface area contributed by atoms with Crippen LogP contribution in [-0.2, 0) is 0 Å². The van der Waals surface area contributed by atoms with Crippen LogP contribution in [0.5, 0.6) is 0 Å². The highest BCUT2D eigenvalue weighted by Gasteiger charge is 2.31. The van der Waals surface area contributed by atoms with Gasteiger partial charge in [0.05, 0.1) is 17.1 Å². The first-order valence-corrected chi connectivity index (χ1v) is 7.76. The van der Waals surface area contributed by atoms with E-state index in [1.807, 2.05) is 6.07 Å². The van der Waals surface area contributed by atoms with Gasteiger partial charge in [-0.15, -0.1) is 28.3 Å². The lowest BCUT2D eigenvalue weighted by molar-refractivity contribution is 0.630. The van der Waals surface area contributed by atoms with Crippen LogP contribution in [0.2, 0.25) is 0 Å². The van der Waals surface area contributed by atoms with Crippen LogP contribution in [0.25, 0.3) is 15.8 Å². The van der Waals surface area contributed by atoms with E-state index < -0.39 is 0 Å². The van der Waals surface area contributed by atoms with Gasteiger partial charge in [0.1, 0.15) is 5.82 Å². The van der Waals surface area contributed by atoms with Crippen LogP contribution in [0.4, 0.5) is 4.39 Å². The second kappa shape index (κ2) is 5.16. The smallest absolute Gasteiger partial charge is 0.168 e. The fraction of sp³-hybridized carbons (Fsp3) is 0.214. The summed E-state index contributed by atoms with van der Waals surface area (Å²) in [5.41, 5.74) is 1.25. The number of thiophene rings is 1. The molecule has 4 rings (SSSR count). The molecule has 1 aromatic carbocycles. The third kappa shape index (κ3) is 2.10. The van der Waals surface area contributed by atoms with Gasteiger partial charge in [-0.1, -0.05) is 11.8 Å². The molecule has 20 heavy (non-hydrogen) atoms. The number of hydrogen-bond acceptors (Lipinski definition) is 4. The maximum atomic E-state index is 13.3. The molecule has 0 unspecified atom stereocenters. The maximum Gasteiger partial charge on any atom is 0.168 e. The fourth-order valence-electron chi connectivity index (χ4n) is 2.53. The largest absolute Gasteiger partial charge is 0.317 e. The third-order valence-corrected chi connectivity index (χ3v) is 5.52. The minimum absolute atomic E-state index is 0. The Balaban J connectivity index is 0.00000121. The molecule has 1 aromatic heterocycles. The molecule has 0 saturated heterocycles. The van der Waals surface area contributed by atoms with Gasteiger partial charge in [-0.3, -0.25) is 4.99 Å². The molecule has 6 heteroatoms. The molecule has 0 radical (unpaired) electrons. The van der Waals surface area contributed by atoms with Gasteiger partial charge in [0.25, 0.3) is 0 Å². The van der Waals surface area contributed by atoms with Gasteiger partial charge in [0.2, 0.25) is 0 Å². The zero-order valence-corrected chi connectivity index (χ0v) is 14.1. The number of allylic oxidation sites excluding steroid dienone is 1. The van der Waals surface area contributed by atoms with E-state index in [9.17, 15) is 4.39 Å². The molecule has 0 fully saturated rings. The van der Waals surface area contributed by atoms with Crippen LogP contribution in [-0.4, -0.2) is 23.2 Å². The molecule has 0 spiro atoms. The van der Waals surface area contributed by atoms with Crippen molar-refractivity contribution in [2.24, 2.45) is 4.99 Å². The van der Waals surface area contributed by atoms with E-state index in [4.69, 9.17) is 0 Å². The quantitative estimate of drug-likeness (QED) is 0.721. The van der Waals surface area contributed by atoms with Crippen molar-refractivity contribution in [1.82, 2.24) is 4.90 Å². The zero-order valence-electron chi connectivity index (χ0n) is 10.7. The van der Waals surface area contributed by atoms with Crippen molar-refractivity contribution in [2.45, 2.75) is 6.92 Å². The van der Waals surface area contributed by atoms with Crippen LogP contribution in [0.1, 0.15) is 11.8 Å². The lowest BCUT2D eigenvalue weighted by atomic mass is 10.2. The molecule has 2 aromatic rings. The number of fused-ring (bicyclic) bond motifs is 2. The maximum absolute atomic E-state index is 13.3. The molecule has 0 aliphatic carbocycles. The Hall–Kier alpha value is -0.850. The highest BCUT2D eigenvalue weighted by Crippen LogP contribution is 2.44. The predicted molar refractivity (Wildman–Crippen MR) is 91.3 cm³/mol. The number of benzene rings is 1. The monoisotopic (exact) mass is 370 g/mol. The van der Waals surface area contributed by atoms with Crippen molar-refractivity contribution >= 4 is 61.0 Å². The second-order valence-corrected chi connectivity index (χ2v) is 6.88. The topological polar surface area (TPSA) is 15.6 Å². The number of rotatable bonds is 1. The molecule has 0 bridgehead atoms. The Bertz CT molecular complexity index is 751. The minimum Gasteiger partial charge on any atom is -0.317 e. The Labute approximate surface area is 135 Å². The lowest BCUT2D eigenvalue weighted by Crippen LogP contribution is -2.19. The van der Waals surface area contributed by atoms with Gasteiger partial charge >= 0.3 is 0 Å². The van der Waals surface area contributed by atoms with Crippen LogP contribution in [0, 0.1) is 5.82 Å². The van der Waals surface area contributed by atoms with Crippen LogP contribution >= 0.6 is 40.1 Å². The summed E-state index contributed by atoms with van der Waals surface area (Å²) in [6.45, 7) is 3.96. The number of thioether (sulfide) groups is 1. The van der Waals surface area contributed by atoms with E-state index in [2.05, 4.69) is 22.9 Å². The normalized spacial score (nSPS) is 17.5. The summed E-state index contributed by atoms with van der Waals surface area (Å²) in [6, 6.07) is 7.07. The van der Waals surface area contributed by atoms with E-state index in [-0.39, 0.29) is 22.8 Å². The SMILES string of the molecule is Br.CC1=C(c2cc3cc(F)ccc3s2)N2CCN=C2S1. The molecule has 0 saturated carbocycles. The minimum atomic E-state index is -0.174. The molecule has 0 amide bonds. The Morgan fingerprint density at radius 1 is 1.30 bits per heavy atom. The van der Waals surface area contributed by atoms with Gasteiger partial charge in [-0.25, -0.2) is 4.39 Å². The van der Waals surface area contributed by atoms with Gasteiger partial charge in [-0.05, 0) is 36.6 Å². The molecule has 2 aliphatic rings. The molecule has 2 aliphatic heterocycles. The molecule has 0 atom stereocenters. The first-order chi connectivity index (χ1) is 9.22. The predicted octanol–water partition coefficient (Wildman–Crippen LogP) is 4.73. The highest BCUT2D eigenvalue weighted by atomic mass is 79.9. The summed E-state index contributed by atoms with van der Waals surface area (Å²) < 4.78 is 14.4. The first kappa shape index (κ1) is 14.1. The van der Waals surface area contributed by atoms with E-state index in [0.717, 1.165) is 28.3 Å². The van der Waals surface area contributed by atoms with Crippen LogP contribution in [0.3, 0.4) is 0 Å². The number of nitrogens with zero attached hydrogens (tertiary/aromatic N) is 2. The molecular weight excluding hydrogens is 359 g/mol. The van der Waals surface area contributed by atoms with Crippen molar-refractivity contribution in [3.05, 3.63) is 39.9 Å². The van der Waals surface area contributed by atoms with Crippen molar-refractivity contribution in [2.75, 3.05) is 13.1 Å². The Morgan fingerprint density at radius 2 is 2.15 bits per heavy atom. The van der Waals surface area contributed by atoms with E-state index in [1.165, 1.54) is 21.5 Å². The van der Waals surface area contributed by atoms with E-state index in [0.29, 0.717) is 0 Å². The molecule has 104 valence electrons. The summed E-state index contributed by atoms with van der Waals surface area (Å²) in [5.74, 6) is -0.174. The molecule has 2 nitrogen and oxygen atoms in total. The summed E-state index contributed by atoms with van der Waals surface area (Å²) in [4.78, 5) is 9.27. The molecule has 0 N–H and O–H groups in total. The van der Waals surface area contributed by atoms with E-state index in [1.54, 1.807) is 29.2 Å².